The summed E-state index contributed by atoms with van der Waals surface area (Å²) in [5.41, 5.74) is 9.41. The molecule has 0 saturated carbocycles. The second-order valence-electron chi connectivity index (χ2n) is 4.21. The number of anilines is 2. The summed E-state index contributed by atoms with van der Waals surface area (Å²) < 4.78 is 5.20. The number of aromatic nitrogens is 2. The number of benzene rings is 1. The molecule has 0 atom stereocenters. The van der Waals surface area contributed by atoms with E-state index in [2.05, 4.69) is 15.5 Å². The summed E-state index contributed by atoms with van der Waals surface area (Å²) in [4.78, 5) is 11.2. The second kappa shape index (κ2) is 5.01. The van der Waals surface area contributed by atoms with Gasteiger partial charge in [-0.25, -0.2) is 0 Å². The van der Waals surface area contributed by atoms with Crippen molar-refractivity contribution in [2.45, 2.75) is 13.8 Å². The summed E-state index contributed by atoms with van der Waals surface area (Å²) in [6, 6.07) is 5.40. The minimum atomic E-state index is -0.165. The Morgan fingerprint density at radius 3 is 2.74 bits per heavy atom. The fourth-order valence-electron chi connectivity index (χ4n) is 1.80. The van der Waals surface area contributed by atoms with Gasteiger partial charge in [-0.1, -0.05) is 0 Å². The van der Waals surface area contributed by atoms with E-state index in [-0.39, 0.29) is 5.91 Å². The van der Waals surface area contributed by atoms with Gasteiger partial charge >= 0.3 is 0 Å². The molecular weight excluding hydrogens is 244 g/mol. The molecule has 6 heteroatoms. The fourth-order valence-corrected chi connectivity index (χ4v) is 1.80. The molecule has 1 heterocycles. The van der Waals surface area contributed by atoms with Gasteiger partial charge in [0.1, 0.15) is 11.4 Å². The lowest BCUT2D eigenvalue weighted by atomic mass is 10.1. The molecule has 1 amide bonds. The smallest absolute Gasteiger partial charge is 0.221 e. The number of amides is 1. The molecule has 6 nitrogen and oxygen atoms in total. The van der Waals surface area contributed by atoms with E-state index in [9.17, 15) is 4.79 Å². The van der Waals surface area contributed by atoms with Crippen LogP contribution in [-0.4, -0.2) is 23.2 Å². The van der Waals surface area contributed by atoms with E-state index >= 15 is 0 Å². The highest BCUT2D eigenvalue weighted by Gasteiger charge is 2.12. The van der Waals surface area contributed by atoms with Gasteiger partial charge in [-0.15, -0.1) is 0 Å². The van der Waals surface area contributed by atoms with Crippen LogP contribution in [0.3, 0.4) is 0 Å². The lowest BCUT2D eigenvalue weighted by Crippen LogP contribution is -2.07. The molecule has 2 aromatic rings. The van der Waals surface area contributed by atoms with Gasteiger partial charge in [0.2, 0.25) is 5.91 Å². The van der Waals surface area contributed by atoms with Gasteiger partial charge in [-0.05, 0) is 25.1 Å². The molecule has 4 N–H and O–H groups in total. The zero-order chi connectivity index (χ0) is 14.0. The normalized spacial score (nSPS) is 10.3. The molecule has 0 fully saturated rings. The Morgan fingerprint density at radius 1 is 1.47 bits per heavy atom. The van der Waals surface area contributed by atoms with Crippen molar-refractivity contribution in [1.82, 2.24) is 10.2 Å². The van der Waals surface area contributed by atoms with Crippen molar-refractivity contribution in [2.24, 2.45) is 0 Å². The largest absolute Gasteiger partial charge is 0.495 e. The van der Waals surface area contributed by atoms with Crippen LogP contribution in [0, 0.1) is 6.92 Å². The average molecular weight is 260 g/mol. The molecule has 100 valence electrons. The predicted molar refractivity (Wildman–Crippen MR) is 74.0 cm³/mol. The first-order chi connectivity index (χ1) is 9.02. The SMILES string of the molecule is COc1ccc(-c2n[nH]c(C)c2N)cc1NC(C)=O. The van der Waals surface area contributed by atoms with Crippen molar-refractivity contribution in [1.29, 1.82) is 0 Å². The highest BCUT2D eigenvalue weighted by Crippen LogP contribution is 2.32. The van der Waals surface area contributed by atoms with E-state index < -0.39 is 0 Å². The summed E-state index contributed by atoms with van der Waals surface area (Å²) in [5, 5.41) is 9.71. The highest BCUT2D eigenvalue weighted by molar-refractivity contribution is 5.92. The van der Waals surface area contributed by atoms with Gasteiger partial charge < -0.3 is 15.8 Å². The molecule has 0 aliphatic rings. The molecule has 0 aliphatic heterocycles. The summed E-state index contributed by atoms with van der Waals surface area (Å²) in [6.45, 7) is 3.29. The number of ether oxygens (including phenoxy) is 1. The molecule has 0 spiro atoms. The monoisotopic (exact) mass is 260 g/mol. The van der Waals surface area contributed by atoms with Crippen LogP contribution < -0.4 is 15.8 Å². The van der Waals surface area contributed by atoms with E-state index in [0.717, 1.165) is 11.3 Å². The number of rotatable bonds is 3. The van der Waals surface area contributed by atoms with E-state index in [0.29, 0.717) is 22.8 Å². The van der Waals surface area contributed by atoms with Crippen molar-refractivity contribution in [3.63, 3.8) is 0 Å². The summed E-state index contributed by atoms with van der Waals surface area (Å²) in [6.07, 6.45) is 0. The van der Waals surface area contributed by atoms with Crippen LogP contribution in [0.25, 0.3) is 11.3 Å². The quantitative estimate of drug-likeness (QED) is 0.786. The van der Waals surface area contributed by atoms with Gasteiger partial charge in [0, 0.05) is 12.5 Å². The van der Waals surface area contributed by atoms with Crippen LogP contribution in [-0.2, 0) is 4.79 Å². The van der Waals surface area contributed by atoms with E-state index in [1.165, 1.54) is 6.92 Å². The first-order valence-corrected chi connectivity index (χ1v) is 5.79. The number of nitrogens with one attached hydrogen (secondary N) is 2. The third-order valence-electron chi connectivity index (χ3n) is 2.78. The topological polar surface area (TPSA) is 93.0 Å². The summed E-state index contributed by atoms with van der Waals surface area (Å²) in [7, 11) is 1.55. The van der Waals surface area contributed by atoms with Crippen molar-refractivity contribution >= 4 is 17.3 Å². The van der Waals surface area contributed by atoms with Gasteiger partial charge in [0.25, 0.3) is 0 Å². The second-order valence-corrected chi connectivity index (χ2v) is 4.21. The molecular formula is C13H16N4O2. The van der Waals surface area contributed by atoms with Crippen LogP contribution in [0.4, 0.5) is 11.4 Å². The Bertz CT molecular complexity index is 619. The highest BCUT2D eigenvalue weighted by atomic mass is 16.5. The summed E-state index contributed by atoms with van der Waals surface area (Å²) >= 11 is 0. The van der Waals surface area contributed by atoms with Gasteiger partial charge in [0.15, 0.2) is 0 Å². The minimum Gasteiger partial charge on any atom is -0.495 e. The lowest BCUT2D eigenvalue weighted by molar-refractivity contribution is -0.114. The first-order valence-electron chi connectivity index (χ1n) is 5.79. The zero-order valence-electron chi connectivity index (χ0n) is 11.1. The Balaban J connectivity index is 2.48. The number of H-pyrrole nitrogens is 1. The molecule has 0 aliphatic carbocycles. The molecule has 0 unspecified atom stereocenters. The number of nitrogen functional groups attached to an aromatic ring is 1. The maximum atomic E-state index is 11.2. The predicted octanol–water partition coefficient (Wildman–Crippen LogP) is 1.93. The number of hydrogen-bond acceptors (Lipinski definition) is 4. The first kappa shape index (κ1) is 12.9. The summed E-state index contributed by atoms with van der Waals surface area (Å²) in [5.74, 6) is 0.423. The van der Waals surface area contributed by atoms with Crippen LogP contribution in [0.5, 0.6) is 5.75 Å². The molecule has 19 heavy (non-hydrogen) atoms. The minimum absolute atomic E-state index is 0.165. The van der Waals surface area contributed by atoms with Crippen LogP contribution in [0.1, 0.15) is 12.6 Å². The van der Waals surface area contributed by atoms with Crippen molar-refractivity contribution in [3.05, 3.63) is 23.9 Å². The van der Waals surface area contributed by atoms with Crippen LogP contribution >= 0.6 is 0 Å². The number of nitrogens with two attached hydrogens (primary N) is 1. The van der Waals surface area contributed by atoms with E-state index in [1.807, 2.05) is 13.0 Å². The van der Waals surface area contributed by atoms with Crippen molar-refractivity contribution < 1.29 is 9.53 Å². The van der Waals surface area contributed by atoms with Gasteiger partial charge in [-0.3, -0.25) is 9.89 Å². The van der Waals surface area contributed by atoms with Crippen molar-refractivity contribution in [3.8, 4) is 17.0 Å². The van der Waals surface area contributed by atoms with Crippen LogP contribution in [0.15, 0.2) is 18.2 Å². The third kappa shape index (κ3) is 2.52. The zero-order valence-corrected chi connectivity index (χ0v) is 11.1. The molecule has 1 aromatic carbocycles. The van der Waals surface area contributed by atoms with Crippen LogP contribution in [0.2, 0.25) is 0 Å². The van der Waals surface area contributed by atoms with Gasteiger partial charge in [0.05, 0.1) is 24.2 Å². The fraction of sp³-hybridized carbons (Fsp3) is 0.231. The molecule has 2 rings (SSSR count). The number of carbonyl (C=O) groups excluding carboxylic acids is 1. The maximum Gasteiger partial charge on any atom is 0.221 e. The number of methoxy groups -OCH3 is 1. The Kier molecular flexibility index (Phi) is 3.41. The standard InChI is InChI=1S/C13H16N4O2/c1-7-12(14)13(17-16-7)9-4-5-11(19-3)10(6-9)15-8(2)18/h4-6H,14H2,1-3H3,(H,15,18)(H,16,17). The molecule has 0 saturated heterocycles. The maximum absolute atomic E-state index is 11.2. The van der Waals surface area contributed by atoms with E-state index in [4.69, 9.17) is 10.5 Å². The molecule has 0 bridgehead atoms. The number of aryl methyl sites for hydroxylation is 1. The number of hydrogen-bond donors (Lipinski definition) is 3. The number of nitrogens with zero attached hydrogens (tertiary/aromatic N) is 1. The average Bonchev–Trinajstić information content (AvgIpc) is 2.69. The number of aromatic amines is 1. The third-order valence-corrected chi connectivity index (χ3v) is 2.78. The van der Waals surface area contributed by atoms with Gasteiger partial charge in [-0.2, -0.15) is 5.10 Å². The molecule has 1 aromatic heterocycles. The van der Waals surface area contributed by atoms with Crippen molar-refractivity contribution in [2.75, 3.05) is 18.2 Å². The Morgan fingerprint density at radius 2 is 2.21 bits per heavy atom. The lowest BCUT2D eigenvalue weighted by Gasteiger charge is -2.10. The van der Waals surface area contributed by atoms with E-state index in [1.54, 1.807) is 19.2 Å². The Hall–Kier alpha value is -2.50. The molecule has 0 radical (unpaired) electrons. The number of carbonyl (C=O) groups is 1. The Labute approximate surface area is 111 Å².